The Kier molecular flexibility index (Phi) is 12.3. The highest BCUT2D eigenvalue weighted by molar-refractivity contribution is 9.10. The standard InChI is InChI=1S/C2HBrClF3.C2H4.H2O/c3-1(4)2(5,6)7;1-2;/h1H;1-2H2;1H2. The van der Waals surface area contributed by atoms with Crippen molar-refractivity contribution in [2.75, 3.05) is 0 Å². The van der Waals surface area contributed by atoms with Gasteiger partial charge in [0.05, 0.1) is 0 Å². The van der Waals surface area contributed by atoms with Crippen molar-refractivity contribution in [2.45, 2.75) is 10.5 Å². The molecule has 1 nitrogen and oxygen atoms in total. The fraction of sp³-hybridized carbons (Fsp3) is 0.500. The van der Waals surface area contributed by atoms with Crippen LogP contribution in [0.1, 0.15) is 0 Å². The van der Waals surface area contributed by atoms with Crippen LogP contribution in [0.5, 0.6) is 0 Å². The molecule has 0 aromatic heterocycles. The molecule has 2 N–H and O–H groups in total. The van der Waals surface area contributed by atoms with Crippen LogP contribution in [0.3, 0.4) is 0 Å². The van der Waals surface area contributed by atoms with Gasteiger partial charge >= 0.3 is 6.18 Å². The van der Waals surface area contributed by atoms with Gasteiger partial charge in [0.2, 0.25) is 0 Å². The summed E-state index contributed by atoms with van der Waals surface area (Å²) in [5, 5.41) is 0. The van der Waals surface area contributed by atoms with E-state index < -0.39 is 10.5 Å². The molecule has 0 aliphatic heterocycles. The van der Waals surface area contributed by atoms with Gasteiger partial charge in [-0.2, -0.15) is 13.2 Å². The van der Waals surface area contributed by atoms with Crippen LogP contribution >= 0.6 is 27.5 Å². The average molecular weight is 243 g/mol. The lowest BCUT2D eigenvalue weighted by Gasteiger charge is -2.03. The summed E-state index contributed by atoms with van der Waals surface area (Å²) in [7, 11) is 0. The molecule has 10 heavy (non-hydrogen) atoms. The van der Waals surface area contributed by atoms with Gasteiger partial charge in [0, 0.05) is 0 Å². The predicted octanol–water partition coefficient (Wildman–Crippen LogP) is 2.49. The van der Waals surface area contributed by atoms with Gasteiger partial charge in [-0.3, -0.25) is 0 Å². The van der Waals surface area contributed by atoms with E-state index in [2.05, 4.69) is 40.7 Å². The Morgan fingerprint density at radius 3 is 1.40 bits per heavy atom. The predicted molar refractivity (Wildman–Crippen MR) is 39.5 cm³/mol. The molecule has 0 amide bonds. The first-order chi connectivity index (χ1) is 3.94. The van der Waals surface area contributed by atoms with E-state index in [1.54, 1.807) is 0 Å². The molecule has 0 radical (unpaired) electrons. The Morgan fingerprint density at radius 2 is 1.40 bits per heavy atom. The molecule has 1 atom stereocenters. The monoisotopic (exact) mass is 242 g/mol. The van der Waals surface area contributed by atoms with Crippen molar-refractivity contribution in [1.82, 2.24) is 0 Å². The van der Waals surface area contributed by atoms with Crippen LogP contribution < -0.4 is 0 Å². The zero-order valence-corrected chi connectivity index (χ0v) is 7.22. The molecule has 1 unspecified atom stereocenters. The lowest BCUT2D eigenvalue weighted by atomic mass is 10.8. The van der Waals surface area contributed by atoms with Crippen molar-refractivity contribution in [3.63, 3.8) is 0 Å². The lowest BCUT2D eigenvalue weighted by molar-refractivity contribution is -0.112. The zero-order chi connectivity index (χ0) is 8.08. The SMILES string of the molecule is C=C.FC(F)(F)C(Cl)Br.O. The van der Waals surface area contributed by atoms with Gasteiger partial charge in [0.15, 0.2) is 4.29 Å². The normalized spacial score (nSPS) is 12.1. The third-order valence-electron chi connectivity index (χ3n) is 0.247. The van der Waals surface area contributed by atoms with Gasteiger partial charge in [-0.15, -0.1) is 24.8 Å². The van der Waals surface area contributed by atoms with Gasteiger partial charge in [-0.05, 0) is 0 Å². The van der Waals surface area contributed by atoms with Crippen LogP contribution in [0.4, 0.5) is 13.2 Å². The zero-order valence-electron chi connectivity index (χ0n) is 4.88. The first-order valence-electron chi connectivity index (χ1n) is 1.79. The molecule has 0 fully saturated rings. The van der Waals surface area contributed by atoms with E-state index in [0.29, 0.717) is 0 Å². The summed E-state index contributed by atoms with van der Waals surface area (Å²) in [5.41, 5.74) is 0. The van der Waals surface area contributed by atoms with E-state index in [4.69, 9.17) is 0 Å². The Labute approximate surface area is 70.3 Å². The fourth-order valence-corrected chi connectivity index (χ4v) is 0. The summed E-state index contributed by atoms with van der Waals surface area (Å²) < 4.78 is 31.1. The molecule has 0 bridgehead atoms. The van der Waals surface area contributed by atoms with E-state index in [1.165, 1.54) is 0 Å². The highest BCUT2D eigenvalue weighted by atomic mass is 79.9. The first kappa shape index (κ1) is 16.7. The average Bonchev–Trinajstić information content (AvgIpc) is 1.69. The van der Waals surface area contributed by atoms with Crippen molar-refractivity contribution in [2.24, 2.45) is 0 Å². The highest BCUT2D eigenvalue weighted by Gasteiger charge is 2.35. The number of rotatable bonds is 0. The number of alkyl halides is 5. The maximum Gasteiger partial charge on any atom is 0.414 e. The van der Waals surface area contributed by atoms with Crippen LogP contribution in [0.2, 0.25) is 0 Å². The van der Waals surface area contributed by atoms with E-state index in [9.17, 15) is 13.2 Å². The minimum atomic E-state index is -4.32. The van der Waals surface area contributed by atoms with Crippen molar-refractivity contribution >= 4 is 27.5 Å². The van der Waals surface area contributed by atoms with Crippen LogP contribution in [0.15, 0.2) is 13.2 Å². The summed E-state index contributed by atoms with van der Waals surface area (Å²) in [5.74, 6) is 0. The highest BCUT2D eigenvalue weighted by Crippen LogP contribution is 2.28. The second-order valence-corrected chi connectivity index (χ2v) is 2.72. The second kappa shape index (κ2) is 7.37. The molecule has 0 rings (SSSR count). The number of hydrogen-bond acceptors (Lipinski definition) is 0. The molecule has 0 aliphatic carbocycles. The third-order valence-corrected chi connectivity index (χ3v) is 1.01. The Bertz CT molecular complexity index is 75.4. The molecule has 6 heteroatoms. The molecule has 0 aliphatic rings. The van der Waals surface area contributed by atoms with Crippen LogP contribution in [-0.2, 0) is 0 Å². The summed E-state index contributed by atoms with van der Waals surface area (Å²) in [6.07, 6.45) is -4.32. The largest absolute Gasteiger partial charge is 0.414 e. The second-order valence-electron chi connectivity index (χ2n) is 0.842. The Hall–Kier alpha value is 0.260. The van der Waals surface area contributed by atoms with Crippen molar-refractivity contribution in [1.29, 1.82) is 0 Å². The van der Waals surface area contributed by atoms with Gasteiger partial charge in [-0.1, -0.05) is 15.9 Å². The molecule has 0 heterocycles. The lowest BCUT2D eigenvalue weighted by Crippen LogP contribution is -2.16. The smallest absolute Gasteiger partial charge is 0.412 e. The quantitative estimate of drug-likeness (QED) is 0.462. The molecule has 0 aromatic rings. The first-order valence-corrected chi connectivity index (χ1v) is 3.14. The van der Waals surface area contributed by atoms with Crippen LogP contribution in [-0.4, -0.2) is 15.9 Å². The van der Waals surface area contributed by atoms with Crippen LogP contribution in [0, 0.1) is 0 Å². The van der Waals surface area contributed by atoms with Crippen molar-refractivity contribution < 1.29 is 18.6 Å². The summed E-state index contributed by atoms with van der Waals surface area (Å²) in [6.45, 7) is 6.00. The Morgan fingerprint density at radius 1 is 1.30 bits per heavy atom. The Balaban J connectivity index is -0.000000149. The fourth-order valence-electron chi connectivity index (χ4n) is 0. The topological polar surface area (TPSA) is 31.5 Å². The van der Waals surface area contributed by atoms with E-state index >= 15 is 0 Å². The van der Waals surface area contributed by atoms with Gasteiger partial charge in [0.1, 0.15) is 0 Å². The van der Waals surface area contributed by atoms with E-state index in [0.717, 1.165) is 0 Å². The summed E-state index contributed by atoms with van der Waals surface area (Å²) >= 11 is 6.68. The van der Waals surface area contributed by atoms with Gasteiger partial charge < -0.3 is 5.48 Å². The van der Waals surface area contributed by atoms with E-state index in [1.807, 2.05) is 0 Å². The van der Waals surface area contributed by atoms with Gasteiger partial charge in [0.25, 0.3) is 0 Å². The third kappa shape index (κ3) is 11.1. The van der Waals surface area contributed by atoms with Crippen molar-refractivity contribution in [3.8, 4) is 0 Å². The molecular formula is C4H7BrClF3O. The molecule has 0 aromatic carbocycles. The maximum atomic E-state index is 11.0. The molecular weight excluding hydrogens is 236 g/mol. The molecule has 0 spiro atoms. The number of halogens is 5. The summed E-state index contributed by atoms with van der Waals surface area (Å²) in [6, 6.07) is 0. The van der Waals surface area contributed by atoms with E-state index in [-0.39, 0.29) is 5.48 Å². The van der Waals surface area contributed by atoms with Gasteiger partial charge in [-0.25, -0.2) is 0 Å². The minimum absolute atomic E-state index is 0. The molecule has 0 saturated heterocycles. The summed E-state index contributed by atoms with van der Waals surface area (Å²) in [4.78, 5) is 0. The number of hydrogen-bond donors (Lipinski definition) is 0. The van der Waals surface area contributed by atoms with Crippen LogP contribution in [0.25, 0.3) is 0 Å². The molecule has 64 valence electrons. The minimum Gasteiger partial charge on any atom is -0.412 e. The maximum absolute atomic E-state index is 11.0. The molecule has 0 saturated carbocycles. The van der Waals surface area contributed by atoms with Crippen molar-refractivity contribution in [3.05, 3.63) is 13.2 Å².